The maximum absolute atomic E-state index is 12.3. The summed E-state index contributed by atoms with van der Waals surface area (Å²) in [7, 11) is 0. The fraction of sp³-hybridized carbons (Fsp3) is 0.895. The van der Waals surface area contributed by atoms with Crippen LogP contribution in [0.5, 0.6) is 0 Å². The van der Waals surface area contributed by atoms with Crippen LogP contribution in [0.3, 0.4) is 0 Å². The molecule has 6 heteroatoms. The van der Waals surface area contributed by atoms with Gasteiger partial charge in [-0.15, -0.1) is 11.8 Å². The number of hydrogen-bond acceptors (Lipinski definition) is 4. The lowest BCUT2D eigenvalue weighted by atomic mass is 10.0. The van der Waals surface area contributed by atoms with E-state index in [0.717, 1.165) is 50.9 Å². The SMILES string of the molecule is CCCCCCC(=O)N1CCC2(CC1)N[C@H](C(=O)N[C@@H](C)CC)CS2. The van der Waals surface area contributed by atoms with Gasteiger partial charge >= 0.3 is 0 Å². The van der Waals surface area contributed by atoms with Gasteiger partial charge in [-0.2, -0.15) is 0 Å². The molecule has 0 aliphatic carbocycles. The van der Waals surface area contributed by atoms with Gasteiger partial charge < -0.3 is 10.2 Å². The van der Waals surface area contributed by atoms with Crippen molar-refractivity contribution in [1.29, 1.82) is 0 Å². The zero-order valence-corrected chi connectivity index (χ0v) is 16.9. The van der Waals surface area contributed by atoms with Gasteiger partial charge in [0.2, 0.25) is 11.8 Å². The van der Waals surface area contributed by atoms with E-state index in [1.165, 1.54) is 12.8 Å². The minimum absolute atomic E-state index is 0.0174. The highest BCUT2D eigenvalue weighted by Crippen LogP contribution is 2.39. The van der Waals surface area contributed by atoms with E-state index in [-0.39, 0.29) is 22.9 Å². The third kappa shape index (κ3) is 5.88. The Morgan fingerprint density at radius 3 is 2.60 bits per heavy atom. The Bertz CT molecular complexity index is 450. The molecule has 2 rings (SSSR count). The van der Waals surface area contributed by atoms with Gasteiger partial charge in [-0.3, -0.25) is 14.9 Å². The largest absolute Gasteiger partial charge is 0.352 e. The molecule has 2 fully saturated rings. The molecule has 2 aliphatic heterocycles. The monoisotopic (exact) mass is 369 g/mol. The first-order valence-electron chi connectivity index (χ1n) is 9.99. The van der Waals surface area contributed by atoms with Gasteiger partial charge in [-0.25, -0.2) is 0 Å². The molecular weight excluding hydrogens is 334 g/mol. The topological polar surface area (TPSA) is 61.4 Å². The molecule has 0 aromatic heterocycles. The summed E-state index contributed by atoms with van der Waals surface area (Å²) in [4.78, 5) is 26.7. The van der Waals surface area contributed by atoms with Crippen LogP contribution in [0.1, 0.15) is 72.1 Å². The predicted octanol–water partition coefficient (Wildman–Crippen LogP) is 2.90. The summed E-state index contributed by atoms with van der Waals surface area (Å²) in [6.45, 7) is 7.94. The Morgan fingerprint density at radius 1 is 1.24 bits per heavy atom. The van der Waals surface area contributed by atoms with Crippen molar-refractivity contribution in [3.63, 3.8) is 0 Å². The van der Waals surface area contributed by atoms with Crippen LogP contribution in [0.2, 0.25) is 0 Å². The number of carbonyl (C=O) groups excluding carboxylic acids is 2. The van der Waals surface area contributed by atoms with E-state index in [9.17, 15) is 9.59 Å². The first-order valence-corrected chi connectivity index (χ1v) is 11.0. The maximum atomic E-state index is 12.3. The molecule has 2 N–H and O–H groups in total. The van der Waals surface area contributed by atoms with Gasteiger partial charge in [-0.1, -0.05) is 33.1 Å². The molecule has 2 atom stereocenters. The molecule has 0 saturated carbocycles. The van der Waals surface area contributed by atoms with E-state index < -0.39 is 0 Å². The Morgan fingerprint density at radius 2 is 1.96 bits per heavy atom. The molecule has 2 amide bonds. The Balaban J connectivity index is 1.74. The van der Waals surface area contributed by atoms with Gasteiger partial charge in [0.1, 0.15) is 0 Å². The van der Waals surface area contributed by atoms with Crippen molar-refractivity contribution in [3.8, 4) is 0 Å². The van der Waals surface area contributed by atoms with Crippen LogP contribution >= 0.6 is 11.8 Å². The number of hydrogen-bond donors (Lipinski definition) is 2. The van der Waals surface area contributed by atoms with Crippen molar-refractivity contribution in [2.24, 2.45) is 0 Å². The summed E-state index contributed by atoms with van der Waals surface area (Å²) in [6.07, 6.45) is 8.10. The van der Waals surface area contributed by atoms with Crippen LogP contribution in [-0.4, -0.2) is 52.5 Å². The van der Waals surface area contributed by atoms with E-state index in [1.54, 1.807) is 0 Å². The third-order valence-electron chi connectivity index (χ3n) is 5.45. The molecule has 0 radical (unpaired) electrons. The van der Waals surface area contributed by atoms with Crippen LogP contribution in [0, 0.1) is 0 Å². The van der Waals surface area contributed by atoms with Crippen molar-refractivity contribution in [3.05, 3.63) is 0 Å². The van der Waals surface area contributed by atoms with E-state index in [0.29, 0.717) is 12.3 Å². The summed E-state index contributed by atoms with van der Waals surface area (Å²) in [5.41, 5.74) is 0. The van der Waals surface area contributed by atoms with Gasteiger partial charge in [0.15, 0.2) is 0 Å². The lowest BCUT2D eigenvalue weighted by molar-refractivity contribution is -0.133. The first-order chi connectivity index (χ1) is 12.0. The number of carbonyl (C=O) groups is 2. The normalized spacial score (nSPS) is 23.6. The Hall–Kier alpha value is -0.750. The molecule has 25 heavy (non-hydrogen) atoms. The third-order valence-corrected chi connectivity index (χ3v) is 7.03. The van der Waals surface area contributed by atoms with Crippen LogP contribution in [0.4, 0.5) is 0 Å². The minimum Gasteiger partial charge on any atom is -0.352 e. The molecule has 1 spiro atoms. The fourth-order valence-corrected chi connectivity index (χ4v) is 4.91. The standard InChI is InChI=1S/C19H35N3O2S/c1-4-6-7-8-9-17(23)22-12-10-19(11-13-22)21-16(14-25-19)18(24)20-15(3)5-2/h15-16,21H,4-14H2,1-3H3,(H,20,24)/t15-,16-/m0/s1. The van der Waals surface area contributed by atoms with Crippen LogP contribution < -0.4 is 10.6 Å². The molecule has 2 saturated heterocycles. The van der Waals surface area contributed by atoms with Crippen LogP contribution in [-0.2, 0) is 9.59 Å². The van der Waals surface area contributed by atoms with Crippen molar-refractivity contribution >= 4 is 23.6 Å². The van der Waals surface area contributed by atoms with E-state index in [1.807, 2.05) is 23.6 Å². The minimum atomic E-state index is -0.102. The van der Waals surface area contributed by atoms with Gasteiger partial charge in [0.25, 0.3) is 0 Å². The second-order valence-corrected chi connectivity index (χ2v) is 8.92. The molecule has 2 aliphatic rings. The number of amides is 2. The van der Waals surface area contributed by atoms with Crippen LogP contribution in [0.25, 0.3) is 0 Å². The highest BCUT2D eigenvalue weighted by Gasteiger charge is 2.44. The molecule has 0 bridgehead atoms. The molecule has 144 valence electrons. The molecule has 0 aromatic rings. The quantitative estimate of drug-likeness (QED) is 0.646. The second-order valence-electron chi connectivity index (χ2n) is 7.51. The highest BCUT2D eigenvalue weighted by molar-refractivity contribution is 8.01. The number of nitrogens with zero attached hydrogens (tertiary/aromatic N) is 1. The van der Waals surface area contributed by atoms with Crippen LogP contribution in [0.15, 0.2) is 0 Å². The van der Waals surface area contributed by atoms with E-state index in [2.05, 4.69) is 24.5 Å². The van der Waals surface area contributed by atoms with E-state index >= 15 is 0 Å². The van der Waals surface area contributed by atoms with Crippen molar-refractivity contribution in [2.45, 2.75) is 89.1 Å². The first kappa shape index (κ1) is 20.6. The zero-order chi connectivity index (χ0) is 18.3. The number of piperidine rings is 1. The average molecular weight is 370 g/mol. The lowest BCUT2D eigenvalue weighted by Gasteiger charge is -2.39. The number of nitrogens with one attached hydrogen (secondary N) is 2. The number of rotatable bonds is 8. The summed E-state index contributed by atoms with van der Waals surface area (Å²) in [5.74, 6) is 1.25. The molecule has 0 aromatic carbocycles. The second kappa shape index (κ2) is 9.81. The Labute approximate surface area is 157 Å². The number of unbranched alkanes of at least 4 members (excludes halogenated alkanes) is 3. The molecule has 0 unspecified atom stereocenters. The fourth-order valence-electron chi connectivity index (χ4n) is 3.50. The zero-order valence-electron chi connectivity index (χ0n) is 16.1. The molecular formula is C19H35N3O2S. The molecule has 2 heterocycles. The van der Waals surface area contributed by atoms with E-state index in [4.69, 9.17) is 0 Å². The highest BCUT2D eigenvalue weighted by atomic mass is 32.2. The van der Waals surface area contributed by atoms with Crippen molar-refractivity contribution in [1.82, 2.24) is 15.5 Å². The average Bonchev–Trinajstić information content (AvgIpc) is 3.03. The van der Waals surface area contributed by atoms with Gasteiger partial charge in [0.05, 0.1) is 10.9 Å². The lowest BCUT2D eigenvalue weighted by Crippen LogP contribution is -2.55. The summed E-state index contributed by atoms with van der Waals surface area (Å²) < 4.78 is 0. The summed E-state index contributed by atoms with van der Waals surface area (Å²) in [5, 5.41) is 6.64. The maximum Gasteiger partial charge on any atom is 0.238 e. The predicted molar refractivity (Wildman–Crippen MR) is 105 cm³/mol. The smallest absolute Gasteiger partial charge is 0.238 e. The Kier molecular flexibility index (Phi) is 8.07. The van der Waals surface area contributed by atoms with Gasteiger partial charge in [-0.05, 0) is 32.6 Å². The van der Waals surface area contributed by atoms with Crippen molar-refractivity contribution < 1.29 is 9.59 Å². The molecule has 5 nitrogen and oxygen atoms in total. The van der Waals surface area contributed by atoms with Gasteiger partial charge in [0, 0.05) is 31.3 Å². The number of likely N-dealkylation sites (tertiary alicyclic amines) is 1. The number of thioether (sulfide) groups is 1. The summed E-state index contributed by atoms with van der Waals surface area (Å²) in [6, 6.07) is 0.123. The summed E-state index contributed by atoms with van der Waals surface area (Å²) >= 11 is 1.87. The van der Waals surface area contributed by atoms with Crippen molar-refractivity contribution in [2.75, 3.05) is 18.8 Å².